The number of likely N-dealkylation sites (tertiary alicyclic amines) is 1. The maximum absolute atomic E-state index is 14.7. The van der Waals surface area contributed by atoms with E-state index in [4.69, 9.17) is 15.2 Å². The molecule has 2 aliphatic rings. The molecule has 194 valence electrons. The molecule has 12 heteroatoms. The second kappa shape index (κ2) is 10.6. The monoisotopic (exact) mass is 509 g/mol. The third kappa shape index (κ3) is 5.44. The number of nitrogens with zero attached hydrogens (tertiary/aromatic N) is 4. The van der Waals surface area contributed by atoms with Crippen molar-refractivity contribution in [3.8, 4) is 11.6 Å². The number of anilines is 1. The largest absolute Gasteiger partial charge is 0.481 e. The Morgan fingerprint density at radius 1 is 1.30 bits per heavy atom. The number of primary amides is 1. The Morgan fingerprint density at radius 3 is 2.97 bits per heavy atom. The fourth-order valence-electron chi connectivity index (χ4n) is 4.86. The molecular weight excluding hydrogens is 481 g/mol. The number of ether oxygens (including phenoxy) is 2. The van der Waals surface area contributed by atoms with E-state index in [-0.39, 0.29) is 30.3 Å². The molecule has 4 N–H and O–H groups in total. The topological polar surface area (TPSA) is 145 Å². The fraction of sp³-hybridized carbons (Fsp3) is 0.400. The lowest BCUT2D eigenvalue weighted by atomic mass is 9.95. The van der Waals surface area contributed by atoms with E-state index in [0.717, 1.165) is 5.69 Å². The first-order chi connectivity index (χ1) is 17.9. The van der Waals surface area contributed by atoms with Crippen LogP contribution >= 0.6 is 0 Å². The highest BCUT2D eigenvalue weighted by Crippen LogP contribution is 2.27. The van der Waals surface area contributed by atoms with Crippen molar-refractivity contribution < 1.29 is 23.5 Å². The Hall–Kier alpha value is -3.90. The number of hydrogen-bond acceptors (Lipinski definition) is 9. The Labute approximate surface area is 212 Å². The summed E-state index contributed by atoms with van der Waals surface area (Å²) < 4.78 is 25.2. The number of aromatic nitrogens is 3. The Kier molecular flexibility index (Phi) is 7.10. The van der Waals surface area contributed by atoms with E-state index in [1.54, 1.807) is 18.2 Å². The maximum atomic E-state index is 14.7. The standard InChI is InChI=1S/C25H28FN7O4/c1-36-22-5-3-19-23(32-22)16(18(26)10-29-19)6-7-33-11-14(17(12-33)24(27)35)8-28-9-15-2-4-20-25(30-15)31-21(34)13-37-20/h2-5,10,14,17,28H,6-9,11-13H2,1H3,(H2,27,35)(H,30,31,34)/t14-,17+/m1/s1. The van der Waals surface area contributed by atoms with Crippen molar-refractivity contribution in [2.45, 2.75) is 13.0 Å². The number of amides is 2. The van der Waals surface area contributed by atoms with Crippen molar-refractivity contribution in [2.24, 2.45) is 17.6 Å². The van der Waals surface area contributed by atoms with Crippen LogP contribution in [0, 0.1) is 17.7 Å². The Bertz CT molecular complexity index is 1340. The summed E-state index contributed by atoms with van der Waals surface area (Å²) in [5.41, 5.74) is 7.98. The number of fused-ring (bicyclic) bond motifs is 2. The van der Waals surface area contributed by atoms with Crippen LogP contribution in [0.2, 0.25) is 0 Å². The average molecular weight is 510 g/mol. The third-order valence-electron chi connectivity index (χ3n) is 6.75. The molecule has 3 aromatic rings. The molecule has 5 heterocycles. The zero-order valence-corrected chi connectivity index (χ0v) is 20.4. The second-order valence-electron chi connectivity index (χ2n) is 9.20. The summed E-state index contributed by atoms with van der Waals surface area (Å²) in [6.45, 7) is 2.67. The van der Waals surface area contributed by atoms with Crippen molar-refractivity contribution in [1.82, 2.24) is 25.2 Å². The highest BCUT2D eigenvalue weighted by Gasteiger charge is 2.36. The normalized spacial score (nSPS) is 19.4. The van der Waals surface area contributed by atoms with E-state index in [2.05, 4.69) is 30.5 Å². The van der Waals surface area contributed by atoms with Gasteiger partial charge < -0.3 is 30.7 Å². The number of pyridine rings is 3. The van der Waals surface area contributed by atoms with Crippen molar-refractivity contribution in [2.75, 3.05) is 45.2 Å². The molecule has 2 amide bonds. The molecule has 0 saturated carbocycles. The lowest BCUT2D eigenvalue weighted by Crippen LogP contribution is -2.35. The number of halogens is 1. The third-order valence-corrected chi connectivity index (χ3v) is 6.75. The van der Waals surface area contributed by atoms with E-state index in [1.165, 1.54) is 13.3 Å². The summed E-state index contributed by atoms with van der Waals surface area (Å²) in [5.74, 6) is -0.00887. The van der Waals surface area contributed by atoms with Crippen LogP contribution in [0.1, 0.15) is 11.3 Å². The van der Waals surface area contributed by atoms with E-state index in [9.17, 15) is 14.0 Å². The molecular formula is C25H28FN7O4. The molecule has 2 atom stereocenters. The number of rotatable bonds is 9. The van der Waals surface area contributed by atoms with Crippen molar-refractivity contribution >= 4 is 28.7 Å². The van der Waals surface area contributed by atoms with E-state index >= 15 is 0 Å². The van der Waals surface area contributed by atoms with Crippen molar-refractivity contribution in [1.29, 1.82) is 0 Å². The molecule has 0 radical (unpaired) electrons. The van der Waals surface area contributed by atoms with Crippen LogP contribution in [-0.4, -0.2) is 71.6 Å². The first-order valence-corrected chi connectivity index (χ1v) is 12.0. The second-order valence-corrected chi connectivity index (χ2v) is 9.20. The zero-order chi connectivity index (χ0) is 25.9. The van der Waals surface area contributed by atoms with Gasteiger partial charge in [0.1, 0.15) is 5.82 Å². The van der Waals surface area contributed by atoms with Gasteiger partial charge in [-0.05, 0) is 30.5 Å². The maximum Gasteiger partial charge on any atom is 0.263 e. The molecule has 1 saturated heterocycles. The lowest BCUT2D eigenvalue weighted by molar-refractivity contribution is -0.122. The van der Waals surface area contributed by atoms with Crippen molar-refractivity contribution in [3.05, 3.63) is 47.5 Å². The first-order valence-electron chi connectivity index (χ1n) is 12.0. The minimum Gasteiger partial charge on any atom is -0.481 e. The van der Waals surface area contributed by atoms with Crippen molar-refractivity contribution in [3.63, 3.8) is 0 Å². The van der Waals surface area contributed by atoms with Gasteiger partial charge in [-0.25, -0.2) is 14.4 Å². The number of nitrogens with one attached hydrogen (secondary N) is 2. The molecule has 11 nitrogen and oxygen atoms in total. The van der Waals surface area contributed by atoms with Crippen LogP contribution in [0.15, 0.2) is 30.5 Å². The number of carbonyl (C=O) groups excluding carboxylic acids is 2. The number of hydrogen-bond donors (Lipinski definition) is 3. The van der Waals surface area contributed by atoms with E-state index in [0.29, 0.717) is 73.2 Å². The van der Waals surface area contributed by atoms with Crippen LogP contribution in [0.5, 0.6) is 11.6 Å². The molecule has 0 unspecified atom stereocenters. The van der Waals surface area contributed by atoms with Gasteiger partial charge in [-0.15, -0.1) is 0 Å². The minimum atomic E-state index is -0.420. The summed E-state index contributed by atoms with van der Waals surface area (Å²) in [6.07, 6.45) is 1.62. The van der Waals surface area contributed by atoms with Crippen LogP contribution in [0.4, 0.5) is 10.2 Å². The summed E-state index contributed by atoms with van der Waals surface area (Å²) in [7, 11) is 1.51. The van der Waals surface area contributed by atoms with Gasteiger partial charge in [0.25, 0.3) is 5.91 Å². The smallest absolute Gasteiger partial charge is 0.263 e. The SMILES string of the molecule is COc1ccc2ncc(F)c(CCN3C[C@@H](CNCc4ccc5c(n4)NC(=O)CO5)[C@@H](C(N)=O)C3)c2n1. The molecule has 5 rings (SSSR count). The fourth-order valence-corrected chi connectivity index (χ4v) is 4.86. The average Bonchev–Trinajstić information content (AvgIpc) is 3.31. The van der Waals surface area contributed by atoms with E-state index in [1.807, 2.05) is 6.07 Å². The Morgan fingerprint density at radius 2 is 2.16 bits per heavy atom. The van der Waals surface area contributed by atoms with Crippen LogP contribution in [-0.2, 0) is 22.6 Å². The quantitative estimate of drug-likeness (QED) is 0.383. The van der Waals surface area contributed by atoms with Gasteiger partial charge in [-0.1, -0.05) is 0 Å². The summed E-state index contributed by atoms with van der Waals surface area (Å²) in [5, 5.41) is 6.04. The number of nitrogens with two attached hydrogens (primary N) is 1. The highest BCUT2D eigenvalue weighted by molar-refractivity contribution is 5.94. The predicted octanol–water partition coefficient (Wildman–Crippen LogP) is 0.869. The Balaban J connectivity index is 1.20. The zero-order valence-electron chi connectivity index (χ0n) is 20.4. The van der Waals surface area contributed by atoms with Gasteiger partial charge in [0, 0.05) is 44.4 Å². The molecule has 0 spiro atoms. The van der Waals surface area contributed by atoms with Gasteiger partial charge in [-0.2, -0.15) is 0 Å². The molecule has 37 heavy (non-hydrogen) atoms. The molecule has 3 aromatic heterocycles. The van der Waals surface area contributed by atoms with Crippen LogP contribution in [0.3, 0.4) is 0 Å². The first kappa shape index (κ1) is 24.8. The predicted molar refractivity (Wildman–Crippen MR) is 132 cm³/mol. The minimum absolute atomic E-state index is 0.00425. The molecule has 0 aliphatic carbocycles. The van der Waals surface area contributed by atoms with Crippen LogP contribution in [0.25, 0.3) is 11.0 Å². The van der Waals surface area contributed by atoms with Gasteiger partial charge in [0.05, 0.1) is 36.0 Å². The number of carbonyl (C=O) groups is 2. The van der Waals surface area contributed by atoms with Gasteiger partial charge >= 0.3 is 0 Å². The summed E-state index contributed by atoms with van der Waals surface area (Å²) in [6, 6.07) is 7.04. The van der Waals surface area contributed by atoms with Crippen LogP contribution < -0.4 is 25.8 Å². The molecule has 1 fully saturated rings. The van der Waals surface area contributed by atoms with Gasteiger partial charge in [-0.3, -0.25) is 14.6 Å². The molecule has 0 bridgehead atoms. The van der Waals surface area contributed by atoms with Gasteiger partial charge in [0.2, 0.25) is 11.8 Å². The lowest BCUT2D eigenvalue weighted by Gasteiger charge is -2.19. The van der Waals surface area contributed by atoms with Gasteiger partial charge in [0.15, 0.2) is 18.2 Å². The summed E-state index contributed by atoms with van der Waals surface area (Å²) in [4.78, 5) is 38.8. The molecule has 2 aliphatic heterocycles. The number of methoxy groups -OCH3 is 1. The van der Waals surface area contributed by atoms with E-state index < -0.39 is 5.82 Å². The summed E-state index contributed by atoms with van der Waals surface area (Å²) >= 11 is 0. The molecule has 0 aromatic carbocycles. The highest BCUT2D eigenvalue weighted by atomic mass is 19.1.